The summed E-state index contributed by atoms with van der Waals surface area (Å²) >= 11 is 0. The van der Waals surface area contributed by atoms with Crippen LogP contribution in [-0.2, 0) is 28.2 Å². The molecule has 1 amide bonds. The molecule has 9 heteroatoms. The standard InChI is InChI=1S/C17H17N3O5S/c1-20-14-5-4-13(9-15(14)25-17(20)22)26(23,24)8-6-16(21)19-11-12-3-2-7-18-10-12/h2-5,7,9-10H,6,8,11H2,1H3,(H,19,21). The van der Waals surface area contributed by atoms with E-state index in [0.29, 0.717) is 5.52 Å². The molecule has 0 fully saturated rings. The number of nitrogens with zero attached hydrogens (tertiary/aromatic N) is 2. The fraction of sp³-hybridized carbons (Fsp3) is 0.235. The van der Waals surface area contributed by atoms with Crippen molar-refractivity contribution in [1.82, 2.24) is 14.9 Å². The van der Waals surface area contributed by atoms with Crippen LogP contribution in [0.1, 0.15) is 12.0 Å². The van der Waals surface area contributed by atoms with Gasteiger partial charge in [0.25, 0.3) is 0 Å². The molecule has 0 unspecified atom stereocenters. The van der Waals surface area contributed by atoms with Crippen LogP contribution in [0.5, 0.6) is 0 Å². The van der Waals surface area contributed by atoms with Crippen molar-refractivity contribution >= 4 is 26.8 Å². The van der Waals surface area contributed by atoms with Gasteiger partial charge in [0.05, 0.1) is 16.2 Å². The maximum Gasteiger partial charge on any atom is 0.419 e. The van der Waals surface area contributed by atoms with Gasteiger partial charge in [-0.1, -0.05) is 6.07 Å². The fourth-order valence-corrected chi connectivity index (χ4v) is 3.70. The number of aryl methyl sites for hydroxylation is 1. The Bertz CT molecular complexity index is 1100. The summed E-state index contributed by atoms with van der Waals surface area (Å²) in [4.78, 5) is 27.3. The lowest BCUT2D eigenvalue weighted by atomic mass is 10.3. The van der Waals surface area contributed by atoms with Gasteiger partial charge in [0.1, 0.15) is 0 Å². The third-order valence-electron chi connectivity index (χ3n) is 3.93. The van der Waals surface area contributed by atoms with Gasteiger partial charge in [-0.15, -0.1) is 0 Å². The van der Waals surface area contributed by atoms with Crippen molar-refractivity contribution in [3.05, 3.63) is 58.8 Å². The normalized spacial score (nSPS) is 11.6. The second-order valence-corrected chi connectivity index (χ2v) is 7.87. The number of oxazole rings is 1. The van der Waals surface area contributed by atoms with Crippen molar-refractivity contribution in [2.75, 3.05) is 5.75 Å². The molecule has 3 aromatic rings. The van der Waals surface area contributed by atoms with Crippen molar-refractivity contribution in [3.63, 3.8) is 0 Å². The van der Waals surface area contributed by atoms with Gasteiger partial charge in [-0.3, -0.25) is 14.3 Å². The summed E-state index contributed by atoms with van der Waals surface area (Å²) in [6.07, 6.45) is 3.09. The predicted octanol–water partition coefficient (Wildman–Crippen LogP) is 1.01. The molecule has 0 aliphatic carbocycles. The molecule has 2 heterocycles. The fourth-order valence-electron chi connectivity index (χ4n) is 2.44. The monoisotopic (exact) mass is 375 g/mol. The number of sulfone groups is 1. The number of aromatic nitrogens is 2. The zero-order valence-corrected chi connectivity index (χ0v) is 14.8. The minimum Gasteiger partial charge on any atom is -0.408 e. The largest absolute Gasteiger partial charge is 0.419 e. The molecule has 2 aromatic heterocycles. The van der Waals surface area contributed by atoms with Crippen LogP contribution in [0.15, 0.2) is 56.8 Å². The minimum atomic E-state index is -3.68. The van der Waals surface area contributed by atoms with E-state index in [1.54, 1.807) is 18.5 Å². The summed E-state index contributed by atoms with van der Waals surface area (Å²) in [5.41, 5.74) is 1.52. The Balaban J connectivity index is 1.65. The van der Waals surface area contributed by atoms with E-state index < -0.39 is 15.6 Å². The van der Waals surface area contributed by atoms with Crippen LogP contribution in [0.4, 0.5) is 0 Å². The minimum absolute atomic E-state index is 0.0133. The zero-order chi connectivity index (χ0) is 18.7. The Kier molecular flexibility index (Phi) is 4.90. The van der Waals surface area contributed by atoms with Crippen molar-refractivity contribution in [3.8, 4) is 0 Å². The summed E-state index contributed by atoms with van der Waals surface area (Å²) in [5.74, 6) is -1.27. The van der Waals surface area contributed by atoms with Crippen LogP contribution < -0.4 is 11.1 Å². The number of carbonyl (C=O) groups is 1. The molecule has 1 N–H and O–H groups in total. The summed E-state index contributed by atoms with van der Waals surface area (Å²) < 4.78 is 31.2. The highest BCUT2D eigenvalue weighted by atomic mass is 32.2. The van der Waals surface area contributed by atoms with Crippen LogP contribution in [0.2, 0.25) is 0 Å². The number of benzene rings is 1. The van der Waals surface area contributed by atoms with E-state index in [-0.39, 0.29) is 35.1 Å². The van der Waals surface area contributed by atoms with E-state index in [1.165, 1.54) is 29.8 Å². The molecule has 0 aliphatic heterocycles. The molecule has 1 aromatic carbocycles. The molecule has 0 saturated carbocycles. The van der Waals surface area contributed by atoms with Gasteiger partial charge in [-0.05, 0) is 23.8 Å². The average molecular weight is 375 g/mol. The Morgan fingerprint density at radius 1 is 1.31 bits per heavy atom. The maximum atomic E-state index is 12.4. The number of fused-ring (bicyclic) bond motifs is 1. The second kappa shape index (κ2) is 7.12. The first-order chi connectivity index (χ1) is 12.4. The van der Waals surface area contributed by atoms with Gasteiger partial charge in [0.2, 0.25) is 5.91 Å². The van der Waals surface area contributed by atoms with E-state index in [1.807, 2.05) is 6.07 Å². The van der Waals surface area contributed by atoms with Crippen LogP contribution in [0.3, 0.4) is 0 Å². The van der Waals surface area contributed by atoms with Crippen molar-refractivity contribution in [2.24, 2.45) is 7.05 Å². The van der Waals surface area contributed by atoms with Crippen LogP contribution in [0.25, 0.3) is 11.1 Å². The van der Waals surface area contributed by atoms with Crippen LogP contribution in [-0.4, -0.2) is 29.6 Å². The van der Waals surface area contributed by atoms with Gasteiger partial charge in [0.15, 0.2) is 15.4 Å². The smallest absolute Gasteiger partial charge is 0.408 e. The Labute approximate surface area is 149 Å². The summed E-state index contributed by atoms with van der Waals surface area (Å²) in [7, 11) is -2.14. The van der Waals surface area contributed by atoms with E-state index in [0.717, 1.165) is 5.56 Å². The molecular formula is C17H17N3O5S. The second-order valence-electron chi connectivity index (χ2n) is 5.76. The van der Waals surface area contributed by atoms with Crippen molar-refractivity contribution in [1.29, 1.82) is 0 Å². The van der Waals surface area contributed by atoms with Crippen molar-refractivity contribution < 1.29 is 17.6 Å². The maximum absolute atomic E-state index is 12.4. The number of rotatable bonds is 6. The van der Waals surface area contributed by atoms with Crippen LogP contribution >= 0.6 is 0 Å². The topological polar surface area (TPSA) is 111 Å². The molecule has 3 rings (SSSR count). The highest BCUT2D eigenvalue weighted by Gasteiger charge is 2.18. The third kappa shape index (κ3) is 3.83. The Hall–Kier alpha value is -2.94. The molecule has 136 valence electrons. The first kappa shape index (κ1) is 17.9. The molecule has 0 radical (unpaired) electrons. The summed E-state index contributed by atoms with van der Waals surface area (Å²) in [6.45, 7) is 0.286. The molecule has 8 nitrogen and oxygen atoms in total. The SMILES string of the molecule is Cn1c(=O)oc2cc(S(=O)(=O)CCC(=O)NCc3cccnc3)ccc21. The van der Waals surface area contributed by atoms with Gasteiger partial charge >= 0.3 is 5.76 Å². The molecule has 0 spiro atoms. The number of pyridine rings is 1. The number of nitrogens with one attached hydrogen (secondary N) is 1. The zero-order valence-electron chi connectivity index (χ0n) is 14.0. The highest BCUT2D eigenvalue weighted by Crippen LogP contribution is 2.19. The average Bonchev–Trinajstić information content (AvgIpc) is 2.93. The number of hydrogen-bond acceptors (Lipinski definition) is 6. The molecule has 0 atom stereocenters. The lowest BCUT2D eigenvalue weighted by Gasteiger charge is -2.06. The first-order valence-corrected chi connectivity index (χ1v) is 9.50. The van der Waals surface area contributed by atoms with Crippen LogP contribution in [0, 0.1) is 0 Å². The molecule has 0 bridgehead atoms. The lowest BCUT2D eigenvalue weighted by molar-refractivity contribution is -0.120. The van der Waals surface area contributed by atoms with Gasteiger partial charge in [0, 0.05) is 38.5 Å². The lowest BCUT2D eigenvalue weighted by Crippen LogP contribution is -2.25. The van der Waals surface area contributed by atoms with Gasteiger partial charge < -0.3 is 9.73 Å². The van der Waals surface area contributed by atoms with E-state index in [4.69, 9.17) is 4.42 Å². The summed E-state index contributed by atoms with van der Waals surface area (Å²) in [6, 6.07) is 7.78. The first-order valence-electron chi connectivity index (χ1n) is 7.85. The van der Waals surface area contributed by atoms with E-state index in [9.17, 15) is 18.0 Å². The van der Waals surface area contributed by atoms with E-state index >= 15 is 0 Å². The van der Waals surface area contributed by atoms with Gasteiger partial charge in [-0.2, -0.15) is 0 Å². The van der Waals surface area contributed by atoms with E-state index in [2.05, 4.69) is 10.3 Å². The molecule has 0 saturated heterocycles. The molecular weight excluding hydrogens is 358 g/mol. The third-order valence-corrected chi connectivity index (χ3v) is 5.65. The number of hydrogen-bond donors (Lipinski definition) is 1. The van der Waals surface area contributed by atoms with Gasteiger partial charge in [-0.25, -0.2) is 13.2 Å². The predicted molar refractivity (Wildman–Crippen MR) is 94.2 cm³/mol. The molecule has 0 aliphatic rings. The number of carbonyl (C=O) groups excluding carboxylic acids is 1. The Morgan fingerprint density at radius 3 is 2.85 bits per heavy atom. The molecule has 26 heavy (non-hydrogen) atoms. The quantitative estimate of drug-likeness (QED) is 0.688. The highest BCUT2D eigenvalue weighted by molar-refractivity contribution is 7.91. The summed E-state index contributed by atoms with van der Waals surface area (Å²) in [5, 5.41) is 2.66. The number of amides is 1. The Morgan fingerprint density at radius 2 is 2.12 bits per heavy atom. The van der Waals surface area contributed by atoms with Crippen molar-refractivity contribution in [2.45, 2.75) is 17.9 Å².